The molecule has 0 radical (unpaired) electrons. The van der Waals surface area contributed by atoms with E-state index in [0.29, 0.717) is 0 Å². The van der Waals surface area contributed by atoms with Crippen LogP contribution in [0.5, 0.6) is 5.75 Å². The number of carbonyl (C=O) groups excluding carboxylic acids is 1. The molecule has 20 heavy (non-hydrogen) atoms. The summed E-state index contributed by atoms with van der Waals surface area (Å²) < 4.78 is 42.0. The Morgan fingerprint density at radius 3 is 2.25 bits per heavy atom. The zero-order chi connectivity index (χ0) is 15.3. The summed E-state index contributed by atoms with van der Waals surface area (Å²) in [6.07, 6.45) is -4.45. The molecular weight excluding hydrogens is 279 g/mol. The summed E-state index contributed by atoms with van der Waals surface area (Å²) in [6.45, 7) is 0.758. The first-order valence-electron chi connectivity index (χ1n) is 5.50. The molecule has 0 spiro atoms. The van der Waals surface area contributed by atoms with Gasteiger partial charge in [-0.15, -0.1) is 0 Å². The molecule has 1 rings (SSSR count). The number of nitrogens with one attached hydrogen (secondary N) is 1. The Labute approximate surface area is 112 Å². The molecule has 1 atom stereocenters. The predicted molar refractivity (Wildman–Crippen MR) is 62.2 cm³/mol. The smallest absolute Gasteiger partial charge is 0.416 e. The Balaban J connectivity index is 2.64. The summed E-state index contributed by atoms with van der Waals surface area (Å²) in [5.74, 6) is -1.77. The fraction of sp³-hybridized carbons (Fsp3) is 0.333. The molecule has 0 aliphatic rings. The van der Waals surface area contributed by atoms with Crippen LogP contribution in [0.25, 0.3) is 0 Å². The van der Waals surface area contributed by atoms with Crippen LogP contribution in [0.2, 0.25) is 0 Å². The van der Waals surface area contributed by atoms with Gasteiger partial charge < -0.3 is 15.2 Å². The minimum atomic E-state index is -4.45. The summed E-state index contributed by atoms with van der Waals surface area (Å²) >= 11 is 0. The van der Waals surface area contributed by atoms with Crippen LogP contribution in [-0.4, -0.2) is 29.6 Å². The van der Waals surface area contributed by atoms with Gasteiger partial charge >= 0.3 is 12.1 Å². The van der Waals surface area contributed by atoms with E-state index in [1.165, 1.54) is 0 Å². The van der Waals surface area contributed by atoms with Gasteiger partial charge in [0.25, 0.3) is 0 Å². The van der Waals surface area contributed by atoms with Gasteiger partial charge in [0.1, 0.15) is 12.4 Å². The van der Waals surface area contributed by atoms with Crippen LogP contribution >= 0.6 is 0 Å². The third-order valence-corrected chi connectivity index (χ3v) is 2.27. The van der Waals surface area contributed by atoms with Gasteiger partial charge in [0, 0.05) is 6.92 Å². The lowest BCUT2D eigenvalue weighted by Gasteiger charge is -2.14. The maximum atomic E-state index is 12.3. The van der Waals surface area contributed by atoms with Crippen molar-refractivity contribution in [2.45, 2.75) is 19.1 Å². The quantitative estimate of drug-likeness (QED) is 0.865. The van der Waals surface area contributed by atoms with Crippen molar-refractivity contribution in [3.05, 3.63) is 29.8 Å². The second kappa shape index (κ2) is 6.27. The molecule has 0 saturated carbocycles. The minimum absolute atomic E-state index is 0.0783. The summed E-state index contributed by atoms with van der Waals surface area (Å²) in [5, 5.41) is 10.9. The minimum Gasteiger partial charge on any atom is -0.491 e. The number of alkyl halides is 3. The van der Waals surface area contributed by atoms with Gasteiger partial charge in [-0.3, -0.25) is 4.79 Å². The largest absolute Gasteiger partial charge is 0.491 e. The van der Waals surface area contributed by atoms with Crippen LogP contribution in [0.3, 0.4) is 0 Å². The molecule has 0 aromatic heterocycles. The van der Waals surface area contributed by atoms with Crippen molar-refractivity contribution >= 4 is 11.9 Å². The van der Waals surface area contributed by atoms with E-state index in [2.05, 4.69) is 5.32 Å². The summed E-state index contributed by atoms with van der Waals surface area (Å²) in [6, 6.07) is 2.53. The molecule has 0 fully saturated rings. The average molecular weight is 291 g/mol. The Hall–Kier alpha value is -2.25. The SMILES string of the molecule is CC(=O)NC(COc1ccc(C(F)(F)F)cc1)C(=O)O. The van der Waals surface area contributed by atoms with Gasteiger partial charge in [0.05, 0.1) is 5.56 Å². The molecule has 0 saturated heterocycles. The molecule has 8 heteroatoms. The second-order valence-electron chi connectivity index (χ2n) is 3.92. The molecule has 0 heterocycles. The van der Waals surface area contributed by atoms with Gasteiger partial charge in [0.2, 0.25) is 5.91 Å². The number of carboxylic acid groups (broad SMARTS) is 1. The van der Waals surface area contributed by atoms with Crippen LogP contribution < -0.4 is 10.1 Å². The molecular formula is C12H12F3NO4. The number of hydrogen-bond donors (Lipinski definition) is 2. The van der Waals surface area contributed by atoms with Gasteiger partial charge in [-0.25, -0.2) is 4.79 Å². The predicted octanol–water partition coefficient (Wildman–Crippen LogP) is 1.67. The fourth-order valence-electron chi connectivity index (χ4n) is 1.34. The standard InChI is InChI=1S/C12H12F3NO4/c1-7(17)16-10(11(18)19)6-20-9-4-2-8(3-5-9)12(13,14)15/h2-5,10H,6H2,1H3,(H,16,17)(H,18,19). The van der Waals surface area contributed by atoms with Gasteiger partial charge in [-0.2, -0.15) is 13.2 Å². The highest BCUT2D eigenvalue weighted by molar-refractivity contribution is 5.82. The summed E-state index contributed by atoms with van der Waals surface area (Å²) in [4.78, 5) is 21.6. The third kappa shape index (κ3) is 4.79. The van der Waals surface area contributed by atoms with Crippen molar-refractivity contribution in [3.8, 4) is 5.75 Å². The number of rotatable bonds is 5. The van der Waals surface area contributed by atoms with Gasteiger partial charge in [-0.1, -0.05) is 0 Å². The Morgan fingerprint density at radius 1 is 1.30 bits per heavy atom. The van der Waals surface area contributed by atoms with Crippen molar-refractivity contribution in [1.29, 1.82) is 0 Å². The van der Waals surface area contributed by atoms with Crippen molar-refractivity contribution in [1.82, 2.24) is 5.32 Å². The molecule has 1 amide bonds. The molecule has 1 aromatic rings. The molecule has 0 aliphatic carbocycles. The van der Waals surface area contributed by atoms with Crippen LogP contribution in [0.15, 0.2) is 24.3 Å². The monoisotopic (exact) mass is 291 g/mol. The second-order valence-corrected chi connectivity index (χ2v) is 3.92. The molecule has 0 aliphatic heterocycles. The Bertz CT molecular complexity index is 484. The number of hydrogen-bond acceptors (Lipinski definition) is 3. The first-order chi connectivity index (χ1) is 9.20. The van der Waals surface area contributed by atoms with E-state index in [1.807, 2.05) is 0 Å². The zero-order valence-electron chi connectivity index (χ0n) is 10.4. The molecule has 1 aromatic carbocycles. The third-order valence-electron chi connectivity index (χ3n) is 2.27. The average Bonchev–Trinajstić information content (AvgIpc) is 2.33. The van der Waals surface area contributed by atoms with Crippen LogP contribution in [0.1, 0.15) is 12.5 Å². The zero-order valence-corrected chi connectivity index (χ0v) is 10.4. The summed E-state index contributed by atoms with van der Waals surface area (Å²) in [7, 11) is 0. The molecule has 110 valence electrons. The van der Waals surface area contributed by atoms with Crippen LogP contribution in [0, 0.1) is 0 Å². The lowest BCUT2D eigenvalue weighted by atomic mass is 10.2. The molecule has 5 nitrogen and oxygen atoms in total. The lowest BCUT2D eigenvalue weighted by Crippen LogP contribution is -2.43. The summed E-state index contributed by atoms with van der Waals surface area (Å²) in [5.41, 5.74) is -0.832. The van der Waals surface area contributed by atoms with E-state index in [9.17, 15) is 22.8 Å². The van der Waals surface area contributed by atoms with E-state index in [0.717, 1.165) is 31.2 Å². The van der Waals surface area contributed by atoms with E-state index in [-0.39, 0.29) is 12.4 Å². The first-order valence-corrected chi connectivity index (χ1v) is 5.50. The number of ether oxygens (including phenoxy) is 1. The topological polar surface area (TPSA) is 75.6 Å². The van der Waals surface area contributed by atoms with Gasteiger partial charge in [-0.05, 0) is 24.3 Å². The van der Waals surface area contributed by atoms with E-state index < -0.39 is 29.7 Å². The Kier molecular flexibility index (Phi) is 4.95. The van der Waals surface area contributed by atoms with Gasteiger partial charge in [0.15, 0.2) is 6.04 Å². The van der Waals surface area contributed by atoms with Crippen LogP contribution in [-0.2, 0) is 15.8 Å². The fourth-order valence-corrected chi connectivity index (χ4v) is 1.34. The number of carboxylic acids is 1. The lowest BCUT2D eigenvalue weighted by molar-refractivity contribution is -0.142. The van der Waals surface area contributed by atoms with Crippen LogP contribution in [0.4, 0.5) is 13.2 Å². The molecule has 1 unspecified atom stereocenters. The Morgan fingerprint density at radius 2 is 1.85 bits per heavy atom. The maximum absolute atomic E-state index is 12.3. The highest BCUT2D eigenvalue weighted by Crippen LogP contribution is 2.30. The highest BCUT2D eigenvalue weighted by atomic mass is 19.4. The van der Waals surface area contributed by atoms with Crippen molar-refractivity contribution in [3.63, 3.8) is 0 Å². The number of aliphatic carboxylic acids is 1. The van der Waals surface area contributed by atoms with Crippen molar-refractivity contribution in [2.24, 2.45) is 0 Å². The normalized spacial score (nSPS) is 12.6. The number of carbonyl (C=O) groups is 2. The molecule has 2 N–H and O–H groups in total. The highest BCUT2D eigenvalue weighted by Gasteiger charge is 2.30. The number of benzene rings is 1. The maximum Gasteiger partial charge on any atom is 0.416 e. The van der Waals surface area contributed by atoms with E-state index in [4.69, 9.17) is 9.84 Å². The first kappa shape index (κ1) is 15.8. The number of halogens is 3. The van der Waals surface area contributed by atoms with Crippen molar-refractivity contribution < 1.29 is 32.6 Å². The molecule has 0 bridgehead atoms. The van der Waals surface area contributed by atoms with E-state index in [1.54, 1.807) is 0 Å². The van der Waals surface area contributed by atoms with E-state index >= 15 is 0 Å². The number of amides is 1. The van der Waals surface area contributed by atoms with Crippen molar-refractivity contribution in [2.75, 3.05) is 6.61 Å².